The van der Waals surface area contributed by atoms with Crippen LogP contribution in [0.1, 0.15) is 38.7 Å². The fourth-order valence-electron chi connectivity index (χ4n) is 2.89. The van der Waals surface area contributed by atoms with Crippen molar-refractivity contribution in [2.75, 3.05) is 10.6 Å². The third kappa shape index (κ3) is 2.65. The highest BCUT2D eigenvalue weighted by atomic mass is 19.4. The summed E-state index contributed by atoms with van der Waals surface area (Å²) in [6, 6.07) is 4.82. The number of anilines is 2. The van der Waals surface area contributed by atoms with E-state index in [4.69, 9.17) is 5.73 Å². The molecular weight excluding hydrogens is 253 g/mol. The minimum atomic E-state index is -4.40. The van der Waals surface area contributed by atoms with Gasteiger partial charge in [0.25, 0.3) is 0 Å². The fourth-order valence-corrected chi connectivity index (χ4v) is 2.89. The molecule has 1 heterocycles. The van der Waals surface area contributed by atoms with Gasteiger partial charge in [0.15, 0.2) is 0 Å². The van der Waals surface area contributed by atoms with E-state index in [0.29, 0.717) is 11.7 Å². The molecule has 1 aliphatic rings. The first kappa shape index (κ1) is 14.0. The maximum absolute atomic E-state index is 12.9. The molecule has 0 spiro atoms. The van der Waals surface area contributed by atoms with Crippen molar-refractivity contribution < 1.29 is 13.2 Å². The lowest BCUT2D eigenvalue weighted by molar-refractivity contribution is -0.136. The van der Waals surface area contributed by atoms with Crippen LogP contribution in [0.4, 0.5) is 24.5 Å². The number of nitrogens with zero attached hydrogens (tertiary/aromatic N) is 1. The second-order valence-corrected chi connectivity index (χ2v) is 5.17. The van der Waals surface area contributed by atoms with E-state index in [1.54, 1.807) is 6.07 Å². The largest absolute Gasteiger partial charge is 0.418 e. The van der Waals surface area contributed by atoms with Crippen LogP contribution in [-0.2, 0) is 6.18 Å². The molecule has 1 aromatic rings. The lowest BCUT2D eigenvalue weighted by Crippen LogP contribution is -2.34. The Morgan fingerprint density at radius 3 is 2.58 bits per heavy atom. The highest BCUT2D eigenvalue weighted by Crippen LogP contribution is 2.39. The third-order valence-electron chi connectivity index (χ3n) is 3.90. The Morgan fingerprint density at radius 2 is 2.00 bits per heavy atom. The lowest BCUT2D eigenvalue weighted by atomic mass is 10.1. The van der Waals surface area contributed by atoms with Crippen LogP contribution in [0.5, 0.6) is 0 Å². The van der Waals surface area contributed by atoms with Gasteiger partial charge in [-0.25, -0.2) is 0 Å². The summed E-state index contributed by atoms with van der Waals surface area (Å²) < 4.78 is 38.7. The minimum absolute atomic E-state index is 0.212. The molecular formula is C14H19F3N2. The molecule has 0 aliphatic carbocycles. The van der Waals surface area contributed by atoms with E-state index in [1.807, 2.05) is 0 Å². The van der Waals surface area contributed by atoms with Crippen LogP contribution >= 0.6 is 0 Å². The first-order chi connectivity index (χ1) is 8.84. The molecule has 0 radical (unpaired) electrons. The molecule has 1 aromatic carbocycles. The molecule has 2 unspecified atom stereocenters. The molecule has 106 valence electrons. The Labute approximate surface area is 111 Å². The van der Waals surface area contributed by atoms with Gasteiger partial charge in [0.2, 0.25) is 0 Å². The molecule has 1 saturated heterocycles. The van der Waals surface area contributed by atoms with Crippen molar-refractivity contribution in [3.8, 4) is 0 Å². The number of rotatable bonds is 2. The van der Waals surface area contributed by atoms with Gasteiger partial charge >= 0.3 is 6.18 Å². The molecule has 0 amide bonds. The minimum Gasteiger partial charge on any atom is -0.398 e. The van der Waals surface area contributed by atoms with E-state index in [-0.39, 0.29) is 11.7 Å². The van der Waals surface area contributed by atoms with E-state index in [0.717, 1.165) is 19.3 Å². The van der Waals surface area contributed by atoms with Gasteiger partial charge in [0, 0.05) is 23.5 Å². The van der Waals surface area contributed by atoms with E-state index < -0.39 is 11.7 Å². The Hall–Kier alpha value is -1.39. The second kappa shape index (κ2) is 4.94. The van der Waals surface area contributed by atoms with E-state index >= 15 is 0 Å². The summed E-state index contributed by atoms with van der Waals surface area (Å²) in [4.78, 5) is 2.09. The first-order valence-electron chi connectivity index (χ1n) is 6.59. The third-order valence-corrected chi connectivity index (χ3v) is 3.90. The Balaban J connectivity index is 2.40. The molecule has 2 atom stereocenters. The van der Waals surface area contributed by atoms with E-state index in [2.05, 4.69) is 18.7 Å². The van der Waals surface area contributed by atoms with Crippen molar-refractivity contribution in [1.82, 2.24) is 0 Å². The average molecular weight is 272 g/mol. The number of hydrogen-bond acceptors (Lipinski definition) is 2. The number of nitrogens with two attached hydrogens (primary N) is 1. The molecule has 1 aliphatic heterocycles. The normalized spacial score (nSPS) is 23.9. The summed E-state index contributed by atoms with van der Waals surface area (Å²) in [5.41, 5.74) is 5.11. The number of hydrogen-bond donors (Lipinski definition) is 1. The molecule has 0 bridgehead atoms. The molecule has 5 heteroatoms. The number of halogens is 3. The summed E-state index contributed by atoms with van der Waals surface area (Å²) in [7, 11) is 0. The fraction of sp³-hybridized carbons (Fsp3) is 0.571. The predicted octanol–water partition coefficient (Wildman–Crippen LogP) is 4.05. The van der Waals surface area contributed by atoms with Gasteiger partial charge in [0.05, 0.1) is 5.56 Å². The summed E-state index contributed by atoms with van der Waals surface area (Å²) >= 11 is 0. The summed E-state index contributed by atoms with van der Waals surface area (Å²) in [6.07, 6.45) is -1.41. The second-order valence-electron chi connectivity index (χ2n) is 5.17. The number of alkyl halides is 3. The van der Waals surface area contributed by atoms with E-state index in [9.17, 15) is 13.2 Å². The number of nitrogen functional groups attached to an aromatic ring is 1. The van der Waals surface area contributed by atoms with Gasteiger partial charge in [-0.05, 0) is 44.4 Å². The standard InChI is InChI=1S/C14H19F3N2/c1-3-10-5-4-9(2)19(10)11-6-7-13(18)12(8-11)14(15,16)17/h6-10H,3-5,18H2,1-2H3. The Bertz CT molecular complexity index is 456. The van der Waals surface area contributed by atoms with Crippen molar-refractivity contribution in [1.29, 1.82) is 0 Å². The van der Waals surface area contributed by atoms with Gasteiger partial charge in [-0.3, -0.25) is 0 Å². The summed E-state index contributed by atoms with van der Waals surface area (Å²) in [6.45, 7) is 4.12. The lowest BCUT2D eigenvalue weighted by Gasteiger charge is -2.31. The van der Waals surface area contributed by atoms with Gasteiger partial charge in [-0.15, -0.1) is 0 Å². The van der Waals surface area contributed by atoms with Crippen LogP contribution in [-0.4, -0.2) is 12.1 Å². The molecule has 2 nitrogen and oxygen atoms in total. The first-order valence-corrected chi connectivity index (χ1v) is 6.59. The van der Waals surface area contributed by atoms with E-state index in [1.165, 1.54) is 12.1 Å². The van der Waals surface area contributed by atoms with Crippen LogP contribution in [0.25, 0.3) is 0 Å². The molecule has 0 saturated carbocycles. The quantitative estimate of drug-likeness (QED) is 0.823. The molecule has 2 rings (SSSR count). The van der Waals surface area contributed by atoms with Crippen molar-refractivity contribution in [3.05, 3.63) is 23.8 Å². The maximum Gasteiger partial charge on any atom is 0.418 e. The molecule has 1 fully saturated rings. The average Bonchev–Trinajstić information content (AvgIpc) is 2.70. The van der Waals surface area contributed by atoms with Crippen molar-refractivity contribution in [3.63, 3.8) is 0 Å². The van der Waals surface area contributed by atoms with Crippen molar-refractivity contribution in [2.45, 2.75) is 51.4 Å². The highest BCUT2D eigenvalue weighted by Gasteiger charge is 2.35. The van der Waals surface area contributed by atoms with Gasteiger partial charge in [-0.1, -0.05) is 6.92 Å². The van der Waals surface area contributed by atoms with Crippen LogP contribution < -0.4 is 10.6 Å². The van der Waals surface area contributed by atoms with Crippen LogP contribution in [0, 0.1) is 0 Å². The zero-order chi connectivity index (χ0) is 14.2. The molecule has 2 N–H and O–H groups in total. The van der Waals surface area contributed by atoms with Crippen molar-refractivity contribution in [2.24, 2.45) is 0 Å². The van der Waals surface area contributed by atoms with Gasteiger partial charge in [-0.2, -0.15) is 13.2 Å². The van der Waals surface area contributed by atoms with Gasteiger partial charge in [0.1, 0.15) is 0 Å². The Morgan fingerprint density at radius 1 is 1.32 bits per heavy atom. The van der Waals surface area contributed by atoms with Crippen molar-refractivity contribution >= 4 is 11.4 Å². The topological polar surface area (TPSA) is 29.3 Å². The Kier molecular flexibility index (Phi) is 3.65. The summed E-state index contributed by atoms with van der Waals surface area (Å²) in [5, 5.41) is 0. The predicted molar refractivity (Wildman–Crippen MR) is 71.1 cm³/mol. The SMILES string of the molecule is CCC1CCC(C)N1c1ccc(N)c(C(F)(F)F)c1. The van der Waals surface area contributed by atoms with Crippen LogP contribution in [0.3, 0.4) is 0 Å². The monoisotopic (exact) mass is 272 g/mol. The van der Waals surface area contributed by atoms with Gasteiger partial charge < -0.3 is 10.6 Å². The zero-order valence-electron chi connectivity index (χ0n) is 11.2. The molecule has 19 heavy (non-hydrogen) atoms. The zero-order valence-corrected chi connectivity index (χ0v) is 11.2. The smallest absolute Gasteiger partial charge is 0.398 e. The van der Waals surface area contributed by atoms with Crippen LogP contribution in [0.15, 0.2) is 18.2 Å². The summed E-state index contributed by atoms with van der Waals surface area (Å²) in [5.74, 6) is 0. The molecule has 0 aromatic heterocycles. The highest BCUT2D eigenvalue weighted by molar-refractivity contribution is 5.60. The maximum atomic E-state index is 12.9. The number of benzene rings is 1. The van der Waals surface area contributed by atoms with Crippen LogP contribution in [0.2, 0.25) is 0 Å².